The molecule has 0 unspecified atom stereocenters. The summed E-state index contributed by atoms with van der Waals surface area (Å²) in [7, 11) is 0. The number of pyridine rings is 1. The van der Waals surface area contributed by atoms with Crippen molar-refractivity contribution in [2.75, 3.05) is 37.4 Å². The van der Waals surface area contributed by atoms with Gasteiger partial charge in [-0.3, -0.25) is 0 Å². The summed E-state index contributed by atoms with van der Waals surface area (Å²) < 4.78 is 10.5. The minimum Gasteiger partial charge on any atom is -0.476 e. The van der Waals surface area contributed by atoms with Crippen LogP contribution in [0, 0.1) is 0 Å². The first-order chi connectivity index (χ1) is 7.77. The van der Waals surface area contributed by atoms with Crippen LogP contribution in [0.5, 0.6) is 5.88 Å². The monoisotopic (exact) mass is 225 g/mol. The number of nitrogens with two attached hydrogens (primary N) is 1. The fourth-order valence-electron chi connectivity index (χ4n) is 1.20. The lowest BCUT2D eigenvalue weighted by Crippen LogP contribution is -2.11. The normalized spacial score (nSPS) is 10.1. The molecule has 0 radical (unpaired) electrons. The Bertz CT molecular complexity index is 318. The van der Waals surface area contributed by atoms with Crippen LogP contribution in [0.2, 0.25) is 0 Å². The second-order valence-corrected chi connectivity index (χ2v) is 3.15. The van der Waals surface area contributed by atoms with Gasteiger partial charge in [-0.15, -0.1) is 0 Å². The number of rotatable bonds is 7. The van der Waals surface area contributed by atoms with E-state index in [-0.39, 0.29) is 0 Å². The van der Waals surface area contributed by atoms with Gasteiger partial charge in [0.2, 0.25) is 5.88 Å². The fourth-order valence-corrected chi connectivity index (χ4v) is 1.20. The predicted octanol–water partition coefficient (Wildman–Crippen LogP) is 1.51. The molecular formula is C11H19N3O2. The van der Waals surface area contributed by atoms with Gasteiger partial charge in [0.1, 0.15) is 5.82 Å². The van der Waals surface area contributed by atoms with E-state index < -0.39 is 0 Å². The lowest BCUT2D eigenvalue weighted by atomic mass is 10.4. The summed E-state index contributed by atoms with van der Waals surface area (Å²) in [5.74, 6) is 1.22. The molecule has 90 valence electrons. The fraction of sp³-hybridized carbons (Fsp3) is 0.545. The Labute approximate surface area is 96.0 Å². The van der Waals surface area contributed by atoms with Crippen LogP contribution in [-0.2, 0) is 4.74 Å². The van der Waals surface area contributed by atoms with E-state index in [9.17, 15) is 0 Å². The van der Waals surface area contributed by atoms with Gasteiger partial charge in [-0.05, 0) is 26.0 Å². The molecule has 0 fully saturated rings. The van der Waals surface area contributed by atoms with Gasteiger partial charge in [0.15, 0.2) is 0 Å². The molecule has 0 aromatic carbocycles. The first kappa shape index (κ1) is 12.6. The van der Waals surface area contributed by atoms with Crippen LogP contribution >= 0.6 is 0 Å². The van der Waals surface area contributed by atoms with Gasteiger partial charge >= 0.3 is 0 Å². The first-order valence-electron chi connectivity index (χ1n) is 5.48. The van der Waals surface area contributed by atoms with Crippen molar-refractivity contribution >= 4 is 11.5 Å². The lowest BCUT2D eigenvalue weighted by Gasteiger charge is -2.09. The van der Waals surface area contributed by atoms with Crippen molar-refractivity contribution in [2.24, 2.45) is 0 Å². The molecule has 0 aliphatic carbocycles. The number of nitrogens with one attached hydrogen (secondary N) is 1. The highest BCUT2D eigenvalue weighted by molar-refractivity contribution is 5.53. The zero-order valence-corrected chi connectivity index (χ0v) is 9.82. The molecule has 1 aromatic rings. The van der Waals surface area contributed by atoms with E-state index >= 15 is 0 Å². The molecule has 0 aliphatic rings. The van der Waals surface area contributed by atoms with Crippen molar-refractivity contribution in [2.45, 2.75) is 13.8 Å². The maximum atomic E-state index is 5.71. The summed E-state index contributed by atoms with van der Waals surface area (Å²) in [5.41, 5.74) is 6.26. The van der Waals surface area contributed by atoms with E-state index in [0.29, 0.717) is 24.8 Å². The first-order valence-corrected chi connectivity index (χ1v) is 5.48. The maximum Gasteiger partial charge on any atom is 0.239 e. The number of nitrogens with zero attached hydrogens (tertiary/aromatic N) is 1. The summed E-state index contributed by atoms with van der Waals surface area (Å²) in [6.07, 6.45) is 0. The highest BCUT2D eigenvalue weighted by Crippen LogP contribution is 2.20. The summed E-state index contributed by atoms with van der Waals surface area (Å²) in [4.78, 5) is 4.25. The van der Waals surface area contributed by atoms with Crippen molar-refractivity contribution in [3.8, 4) is 5.88 Å². The molecule has 16 heavy (non-hydrogen) atoms. The van der Waals surface area contributed by atoms with Gasteiger partial charge in [0.05, 0.1) is 18.9 Å². The summed E-state index contributed by atoms with van der Waals surface area (Å²) in [6.45, 7) is 6.52. The van der Waals surface area contributed by atoms with E-state index in [2.05, 4.69) is 10.3 Å². The van der Waals surface area contributed by atoms with Crippen LogP contribution in [-0.4, -0.2) is 31.3 Å². The quantitative estimate of drug-likeness (QED) is 0.688. The van der Waals surface area contributed by atoms with Crippen molar-refractivity contribution < 1.29 is 9.47 Å². The Balaban J connectivity index is 2.50. The minimum atomic E-state index is 0.476. The SMILES string of the molecule is CCOCCNc1ccc(N)c(OCC)n1. The Kier molecular flexibility index (Phi) is 5.42. The molecule has 0 atom stereocenters. The minimum absolute atomic E-state index is 0.476. The summed E-state index contributed by atoms with van der Waals surface area (Å²) >= 11 is 0. The molecule has 0 saturated heterocycles. The largest absolute Gasteiger partial charge is 0.476 e. The van der Waals surface area contributed by atoms with E-state index in [0.717, 1.165) is 19.0 Å². The Morgan fingerprint density at radius 2 is 2.12 bits per heavy atom. The average molecular weight is 225 g/mol. The number of anilines is 2. The highest BCUT2D eigenvalue weighted by atomic mass is 16.5. The number of nitrogen functional groups attached to an aromatic ring is 1. The molecule has 0 spiro atoms. The molecular weight excluding hydrogens is 206 g/mol. The molecule has 1 rings (SSSR count). The summed E-state index contributed by atoms with van der Waals surface area (Å²) in [5, 5.41) is 3.13. The molecule has 3 N–H and O–H groups in total. The second-order valence-electron chi connectivity index (χ2n) is 3.15. The molecule has 1 aromatic heterocycles. The summed E-state index contributed by atoms with van der Waals surface area (Å²) in [6, 6.07) is 3.60. The van der Waals surface area contributed by atoms with Crippen molar-refractivity contribution in [1.29, 1.82) is 0 Å². The average Bonchev–Trinajstić information content (AvgIpc) is 2.29. The highest BCUT2D eigenvalue weighted by Gasteiger charge is 2.02. The van der Waals surface area contributed by atoms with E-state index in [4.69, 9.17) is 15.2 Å². The number of ether oxygens (including phenoxy) is 2. The van der Waals surface area contributed by atoms with Gasteiger partial charge in [0, 0.05) is 13.2 Å². The van der Waals surface area contributed by atoms with Gasteiger partial charge in [-0.2, -0.15) is 4.98 Å². The van der Waals surface area contributed by atoms with Crippen LogP contribution in [0.4, 0.5) is 11.5 Å². The van der Waals surface area contributed by atoms with Crippen LogP contribution in [0.15, 0.2) is 12.1 Å². The van der Waals surface area contributed by atoms with E-state index in [1.54, 1.807) is 6.07 Å². The predicted molar refractivity (Wildman–Crippen MR) is 64.8 cm³/mol. The van der Waals surface area contributed by atoms with Gasteiger partial charge < -0.3 is 20.5 Å². The van der Waals surface area contributed by atoms with Gasteiger partial charge in [-0.1, -0.05) is 0 Å². The molecule has 1 heterocycles. The van der Waals surface area contributed by atoms with Gasteiger partial charge in [0.25, 0.3) is 0 Å². The van der Waals surface area contributed by atoms with Crippen molar-refractivity contribution in [3.63, 3.8) is 0 Å². The number of hydrogen-bond donors (Lipinski definition) is 2. The third-order valence-corrected chi connectivity index (χ3v) is 1.93. The molecule has 0 saturated carbocycles. The van der Waals surface area contributed by atoms with Crippen molar-refractivity contribution in [3.05, 3.63) is 12.1 Å². The number of hydrogen-bond acceptors (Lipinski definition) is 5. The molecule has 0 amide bonds. The third kappa shape index (κ3) is 3.94. The zero-order chi connectivity index (χ0) is 11.8. The third-order valence-electron chi connectivity index (χ3n) is 1.93. The molecule has 0 bridgehead atoms. The van der Waals surface area contributed by atoms with Gasteiger partial charge in [-0.25, -0.2) is 0 Å². The smallest absolute Gasteiger partial charge is 0.239 e. The maximum absolute atomic E-state index is 5.71. The van der Waals surface area contributed by atoms with Crippen LogP contribution in [0.25, 0.3) is 0 Å². The molecule has 5 nitrogen and oxygen atoms in total. The molecule has 0 aliphatic heterocycles. The van der Waals surface area contributed by atoms with Crippen LogP contribution in [0.3, 0.4) is 0 Å². The van der Waals surface area contributed by atoms with E-state index in [1.165, 1.54) is 0 Å². The number of aromatic nitrogens is 1. The lowest BCUT2D eigenvalue weighted by molar-refractivity contribution is 0.158. The Morgan fingerprint density at radius 3 is 2.81 bits per heavy atom. The second kappa shape index (κ2) is 6.90. The van der Waals surface area contributed by atoms with Crippen molar-refractivity contribution in [1.82, 2.24) is 4.98 Å². The van der Waals surface area contributed by atoms with Crippen LogP contribution < -0.4 is 15.8 Å². The topological polar surface area (TPSA) is 69.4 Å². The zero-order valence-electron chi connectivity index (χ0n) is 9.82. The van der Waals surface area contributed by atoms with E-state index in [1.807, 2.05) is 19.9 Å². The Morgan fingerprint density at radius 1 is 1.31 bits per heavy atom. The van der Waals surface area contributed by atoms with Crippen LogP contribution in [0.1, 0.15) is 13.8 Å². The molecule has 5 heteroatoms. The standard InChI is InChI=1S/C11H19N3O2/c1-3-15-8-7-13-10-6-5-9(12)11(14-10)16-4-2/h5-6H,3-4,7-8,12H2,1-2H3,(H,13,14). The Hall–Kier alpha value is -1.49.